The highest BCUT2D eigenvalue weighted by Crippen LogP contribution is 2.32. The van der Waals surface area contributed by atoms with Crippen LogP contribution in [0.15, 0.2) is 48.5 Å². The van der Waals surface area contributed by atoms with Crippen molar-refractivity contribution in [2.75, 3.05) is 0 Å². The van der Waals surface area contributed by atoms with Crippen molar-refractivity contribution in [1.82, 2.24) is 0 Å². The lowest BCUT2D eigenvalue weighted by atomic mass is 9.92. The molecule has 0 bridgehead atoms. The zero-order valence-electron chi connectivity index (χ0n) is 11.9. The second kappa shape index (κ2) is 6.14. The molecule has 2 aromatic carbocycles. The van der Waals surface area contributed by atoms with Gasteiger partial charge in [-0.25, -0.2) is 0 Å². The van der Waals surface area contributed by atoms with E-state index in [0.717, 1.165) is 12.1 Å². The van der Waals surface area contributed by atoms with Crippen molar-refractivity contribution in [2.45, 2.75) is 25.4 Å². The summed E-state index contributed by atoms with van der Waals surface area (Å²) in [6, 6.07) is 9.90. The summed E-state index contributed by atoms with van der Waals surface area (Å²) in [5.41, 5.74) is 0.546. The fraction of sp³-hybridized carbons (Fsp3) is 0.250. The van der Waals surface area contributed by atoms with Crippen LogP contribution in [0.5, 0.6) is 5.75 Å². The molecule has 0 fully saturated rings. The van der Waals surface area contributed by atoms with Crippen molar-refractivity contribution in [3.05, 3.63) is 65.2 Å². The van der Waals surface area contributed by atoms with Gasteiger partial charge in [-0.3, -0.25) is 0 Å². The Morgan fingerprint density at radius 2 is 1.17 bits per heavy atom. The van der Waals surface area contributed by atoms with Gasteiger partial charge in [-0.2, -0.15) is 13.2 Å². The molecule has 2 aromatic rings. The molecule has 1 nitrogen and oxygen atoms in total. The van der Waals surface area contributed by atoms with Crippen LogP contribution >= 0.6 is 0 Å². The lowest BCUT2D eigenvalue weighted by Gasteiger charge is -2.15. The summed E-state index contributed by atoms with van der Waals surface area (Å²) in [5, 5.41) is 0. The third-order valence-electron chi connectivity index (χ3n) is 3.35. The van der Waals surface area contributed by atoms with Crippen LogP contribution in [0.4, 0.5) is 26.3 Å². The van der Waals surface area contributed by atoms with Gasteiger partial charge >= 0.3 is 12.5 Å². The Kier molecular flexibility index (Phi) is 4.58. The second-order valence-electron chi connectivity index (χ2n) is 4.96. The lowest BCUT2D eigenvalue weighted by molar-refractivity contribution is -0.274. The summed E-state index contributed by atoms with van der Waals surface area (Å²) < 4.78 is 77.6. The van der Waals surface area contributed by atoms with Gasteiger partial charge in [0.2, 0.25) is 0 Å². The molecule has 0 aliphatic heterocycles. The largest absolute Gasteiger partial charge is 0.573 e. The highest BCUT2D eigenvalue weighted by molar-refractivity contribution is 5.36. The number of halogens is 6. The summed E-state index contributed by atoms with van der Waals surface area (Å²) in [6.45, 7) is 1.75. The van der Waals surface area contributed by atoms with Crippen molar-refractivity contribution in [3.63, 3.8) is 0 Å². The summed E-state index contributed by atoms with van der Waals surface area (Å²) in [6.07, 6.45) is -9.17. The van der Waals surface area contributed by atoms with E-state index >= 15 is 0 Å². The van der Waals surface area contributed by atoms with Gasteiger partial charge in [0.05, 0.1) is 5.56 Å². The van der Waals surface area contributed by atoms with E-state index in [1.54, 1.807) is 6.92 Å². The summed E-state index contributed by atoms with van der Waals surface area (Å²) in [4.78, 5) is 0. The first-order valence-corrected chi connectivity index (χ1v) is 6.59. The maximum Gasteiger partial charge on any atom is 0.573 e. The molecule has 0 saturated heterocycles. The van der Waals surface area contributed by atoms with Crippen molar-refractivity contribution >= 4 is 0 Å². The smallest absolute Gasteiger partial charge is 0.406 e. The first-order valence-electron chi connectivity index (χ1n) is 6.59. The number of benzene rings is 2. The first-order chi connectivity index (χ1) is 10.6. The molecule has 1 unspecified atom stereocenters. The van der Waals surface area contributed by atoms with Crippen molar-refractivity contribution in [3.8, 4) is 5.75 Å². The molecule has 0 aliphatic carbocycles. The zero-order chi connectivity index (χ0) is 17.3. The molecule has 2 rings (SSSR count). The van der Waals surface area contributed by atoms with E-state index < -0.39 is 18.1 Å². The first kappa shape index (κ1) is 17.2. The van der Waals surface area contributed by atoms with Gasteiger partial charge in [0.15, 0.2) is 0 Å². The highest BCUT2D eigenvalue weighted by Gasteiger charge is 2.31. The third kappa shape index (κ3) is 4.64. The van der Waals surface area contributed by atoms with Crippen LogP contribution in [-0.2, 0) is 6.18 Å². The Morgan fingerprint density at radius 3 is 1.57 bits per heavy atom. The molecule has 0 aromatic heterocycles. The predicted octanol–water partition coefficient (Wildman–Crippen LogP) is 5.76. The minimum atomic E-state index is -4.76. The molecular formula is C16H12F6O. The molecule has 23 heavy (non-hydrogen) atoms. The van der Waals surface area contributed by atoms with E-state index in [1.807, 2.05) is 0 Å². The normalized spacial score (nSPS) is 13.7. The van der Waals surface area contributed by atoms with Gasteiger partial charge in [0, 0.05) is 5.92 Å². The third-order valence-corrected chi connectivity index (χ3v) is 3.35. The molecule has 0 N–H and O–H groups in total. The zero-order valence-corrected chi connectivity index (χ0v) is 11.9. The Labute approximate surface area is 128 Å². The van der Waals surface area contributed by atoms with Gasteiger partial charge in [-0.05, 0) is 35.4 Å². The Morgan fingerprint density at radius 1 is 0.739 bits per heavy atom. The summed E-state index contributed by atoms with van der Waals surface area (Å²) in [5.74, 6) is -0.613. The van der Waals surface area contributed by atoms with Crippen molar-refractivity contribution in [1.29, 1.82) is 0 Å². The van der Waals surface area contributed by atoms with Gasteiger partial charge in [-0.1, -0.05) is 31.2 Å². The number of alkyl halides is 6. The SMILES string of the molecule is CC(c1ccc(OC(F)(F)F)cc1)c1ccc(C(F)(F)F)cc1. The standard InChI is InChI=1S/C16H12F6O/c1-10(11-2-6-13(7-3-11)15(17,18)19)12-4-8-14(9-5-12)23-16(20,21)22/h2-10H,1H3. The van der Waals surface area contributed by atoms with Crippen LogP contribution in [0.25, 0.3) is 0 Å². The fourth-order valence-corrected chi connectivity index (χ4v) is 2.11. The number of hydrogen-bond donors (Lipinski definition) is 0. The van der Waals surface area contributed by atoms with Crippen LogP contribution < -0.4 is 4.74 Å². The molecule has 7 heteroatoms. The van der Waals surface area contributed by atoms with Crippen molar-refractivity contribution in [2.24, 2.45) is 0 Å². The summed E-state index contributed by atoms with van der Waals surface area (Å²) in [7, 11) is 0. The maximum absolute atomic E-state index is 12.5. The van der Waals surface area contributed by atoms with Gasteiger partial charge in [-0.15, -0.1) is 13.2 Å². The molecule has 1 atom stereocenters. The van der Waals surface area contributed by atoms with E-state index in [1.165, 1.54) is 36.4 Å². The highest BCUT2D eigenvalue weighted by atomic mass is 19.4. The van der Waals surface area contributed by atoms with Gasteiger partial charge in [0.25, 0.3) is 0 Å². The van der Waals surface area contributed by atoms with E-state index in [-0.39, 0.29) is 11.7 Å². The summed E-state index contributed by atoms with van der Waals surface area (Å²) >= 11 is 0. The number of rotatable bonds is 3. The average Bonchev–Trinajstić information content (AvgIpc) is 2.45. The molecule has 0 spiro atoms. The van der Waals surface area contributed by atoms with E-state index in [4.69, 9.17) is 0 Å². The van der Waals surface area contributed by atoms with Crippen LogP contribution in [0.2, 0.25) is 0 Å². The Balaban J connectivity index is 2.15. The van der Waals surface area contributed by atoms with Crippen LogP contribution in [0.1, 0.15) is 29.5 Å². The molecular weight excluding hydrogens is 322 g/mol. The second-order valence-corrected chi connectivity index (χ2v) is 4.96. The number of hydrogen-bond acceptors (Lipinski definition) is 1. The quantitative estimate of drug-likeness (QED) is 0.649. The fourth-order valence-electron chi connectivity index (χ4n) is 2.11. The van der Waals surface area contributed by atoms with Gasteiger partial charge < -0.3 is 4.74 Å². The van der Waals surface area contributed by atoms with Gasteiger partial charge in [0.1, 0.15) is 5.75 Å². The molecule has 124 valence electrons. The topological polar surface area (TPSA) is 9.23 Å². The minimum Gasteiger partial charge on any atom is -0.406 e. The Hall–Kier alpha value is -2.18. The van der Waals surface area contributed by atoms with Crippen LogP contribution in [-0.4, -0.2) is 6.36 Å². The maximum atomic E-state index is 12.5. The monoisotopic (exact) mass is 334 g/mol. The molecule has 0 radical (unpaired) electrons. The molecule has 0 aliphatic rings. The average molecular weight is 334 g/mol. The number of ether oxygens (including phenoxy) is 1. The Bertz CT molecular complexity index is 640. The van der Waals surface area contributed by atoms with Crippen LogP contribution in [0, 0.1) is 0 Å². The lowest BCUT2D eigenvalue weighted by Crippen LogP contribution is -2.17. The van der Waals surface area contributed by atoms with Crippen molar-refractivity contribution < 1.29 is 31.1 Å². The molecule has 0 amide bonds. The van der Waals surface area contributed by atoms with E-state index in [2.05, 4.69) is 4.74 Å². The molecule has 0 saturated carbocycles. The predicted molar refractivity (Wildman–Crippen MR) is 72.1 cm³/mol. The minimum absolute atomic E-state index is 0.266. The van der Waals surface area contributed by atoms with E-state index in [0.29, 0.717) is 11.1 Å². The van der Waals surface area contributed by atoms with Crippen LogP contribution in [0.3, 0.4) is 0 Å². The molecule has 0 heterocycles. The van der Waals surface area contributed by atoms with E-state index in [9.17, 15) is 26.3 Å².